The van der Waals surface area contributed by atoms with Gasteiger partial charge in [-0.25, -0.2) is 4.79 Å². The van der Waals surface area contributed by atoms with E-state index in [4.69, 9.17) is 0 Å². The molecule has 1 heterocycles. The van der Waals surface area contributed by atoms with Gasteiger partial charge in [0.2, 0.25) is 0 Å². The Labute approximate surface area is 122 Å². The van der Waals surface area contributed by atoms with Crippen molar-refractivity contribution < 1.29 is 9.90 Å². The fourth-order valence-corrected chi connectivity index (χ4v) is 2.82. The van der Waals surface area contributed by atoms with Crippen molar-refractivity contribution in [1.29, 1.82) is 0 Å². The molecule has 20 heavy (non-hydrogen) atoms. The number of hydrogen-bond acceptors (Lipinski definition) is 4. The lowest BCUT2D eigenvalue weighted by molar-refractivity contribution is 0.0690. The quantitative estimate of drug-likeness (QED) is 0.935. The molecule has 0 aliphatic carbocycles. The average Bonchev–Trinajstić information content (AvgIpc) is 2.38. The lowest BCUT2D eigenvalue weighted by atomic mass is 10.1. The Balaban J connectivity index is 2.45. The normalized spacial score (nSPS) is 10.6. The summed E-state index contributed by atoms with van der Waals surface area (Å²) in [6.07, 6.45) is 0. The summed E-state index contributed by atoms with van der Waals surface area (Å²) in [6, 6.07) is 6.02. The van der Waals surface area contributed by atoms with Crippen LogP contribution in [0.1, 0.15) is 32.7 Å². The predicted octanol–water partition coefficient (Wildman–Crippen LogP) is 3.56. The second-order valence-corrected chi connectivity index (χ2v) is 5.81. The van der Waals surface area contributed by atoms with Crippen molar-refractivity contribution in [3.8, 4) is 0 Å². The van der Waals surface area contributed by atoms with Gasteiger partial charge in [0.05, 0.1) is 11.3 Å². The molecular weight excluding hydrogens is 272 g/mol. The van der Waals surface area contributed by atoms with Crippen LogP contribution in [0.5, 0.6) is 0 Å². The molecule has 1 N–H and O–H groups in total. The van der Waals surface area contributed by atoms with Crippen LogP contribution >= 0.6 is 11.8 Å². The van der Waals surface area contributed by atoms with Crippen LogP contribution in [0.4, 0.5) is 0 Å². The number of nitrogens with zero attached hydrogens (tertiary/aromatic N) is 2. The highest BCUT2D eigenvalue weighted by molar-refractivity contribution is 7.99. The molecule has 5 heteroatoms. The highest BCUT2D eigenvalue weighted by atomic mass is 32.2. The summed E-state index contributed by atoms with van der Waals surface area (Å²) in [5, 5.41) is 17.9. The summed E-state index contributed by atoms with van der Waals surface area (Å²) in [7, 11) is 0. The maximum absolute atomic E-state index is 11.4. The summed E-state index contributed by atoms with van der Waals surface area (Å²) in [5.74, 6) is -0.966. The van der Waals surface area contributed by atoms with Crippen LogP contribution in [0.3, 0.4) is 0 Å². The third kappa shape index (κ3) is 2.82. The van der Waals surface area contributed by atoms with Crippen LogP contribution in [-0.2, 0) is 0 Å². The number of benzene rings is 1. The molecule has 104 valence electrons. The molecule has 0 aliphatic rings. The van der Waals surface area contributed by atoms with Crippen molar-refractivity contribution in [2.45, 2.75) is 37.6 Å². The van der Waals surface area contributed by atoms with Crippen LogP contribution in [0, 0.1) is 27.7 Å². The van der Waals surface area contributed by atoms with E-state index in [1.807, 2.05) is 32.0 Å². The zero-order valence-corrected chi connectivity index (χ0v) is 12.7. The van der Waals surface area contributed by atoms with Gasteiger partial charge in [-0.15, -0.1) is 5.10 Å². The van der Waals surface area contributed by atoms with Crippen molar-refractivity contribution >= 4 is 17.7 Å². The Kier molecular flexibility index (Phi) is 4.09. The fraction of sp³-hybridized carbons (Fsp3) is 0.267. The first-order valence-corrected chi connectivity index (χ1v) is 7.04. The second-order valence-electron chi connectivity index (χ2n) is 4.74. The van der Waals surface area contributed by atoms with Crippen molar-refractivity contribution in [1.82, 2.24) is 10.2 Å². The maximum Gasteiger partial charge on any atom is 0.338 e. The van der Waals surface area contributed by atoms with Gasteiger partial charge in [-0.1, -0.05) is 17.8 Å². The molecule has 0 spiro atoms. The molecule has 1 aromatic carbocycles. The molecular formula is C15H16N2O2S. The van der Waals surface area contributed by atoms with Gasteiger partial charge in [-0.2, -0.15) is 5.10 Å². The Morgan fingerprint density at radius 3 is 2.40 bits per heavy atom. The summed E-state index contributed by atoms with van der Waals surface area (Å²) in [5.41, 5.74) is 3.93. The Bertz CT molecular complexity index is 684. The third-order valence-corrected chi connectivity index (χ3v) is 4.30. The van der Waals surface area contributed by atoms with E-state index in [9.17, 15) is 9.90 Å². The summed E-state index contributed by atoms with van der Waals surface area (Å²) in [6.45, 7) is 7.60. The number of aromatic carboxylic acids is 1. The lowest BCUT2D eigenvalue weighted by Crippen LogP contribution is -2.08. The summed E-state index contributed by atoms with van der Waals surface area (Å²) < 4.78 is 0. The first-order chi connectivity index (χ1) is 9.40. The Morgan fingerprint density at radius 2 is 1.80 bits per heavy atom. The Morgan fingerprint density at radius 1 is 1.10 bits per heavy atom. The number of carbonyl (C=O) groups is 1. The van der Waals surface area contributed by atoms with Gasteiger partial charge in [-0.05, 0) is 56.5 Å². The second kappa shape index (κ2) is 5.63. The van der Waals surface area contributed by atoms with Crippen LogP contribution in [0.2, 0.25) is 0 Å². The molecule has 0 fully saturated rings. The number of aromatic nitrogens is 2. The zero-order chi connectivity index (χ0) is 14.9. The van der Waals surface area contributed by atoms with Crippen molar-refractivity contribution in [2.24, 2.45) is 0 Å². The molecule has 2 rings (SSSR count). The lowest BCUT2D eigenvalue weighted by Gasteiger charge is -2.09. The van der Waals surface area contributed by atoms with Gasteiger partial charge in [-0.3, -0.25) is 0 Å². The number of carboxylic acid groups (broad SMARTS) is 1. The van der Waals surface area contributed by atoms with Crippen molar-refractivity contribution in [2.75, 3.05) is 0 Å². The molecule has 0 aliphatic heterocycles. The van der Waals surface area contributed by atoms with E-state index in [0.29, 0.717) is 16.3 Å². The first-order valence-electron chi connectivity index (χ1n) is 6.22. The van der Waals surface area contributed by atoms with Crippen molar-refractivity contribution in [3.63, 3.8) is 0 Å². The molecule has 0 bridgehead atoms. The minimum atomic E-state index is -0.966. The molecule has 0 radical (unpaired) electrons. The minimum Gasteiger partial charge on any atom is -0.478 e. The van der Waals surface area contributed by atoms with Gasteiger partial charge >= 0.3 is 5.97 Å². The van der Waals surface area contributed by atoms with Gasteiger partial charge in [0.25, 0.3) is 0 Å². The minimum absolute atomic E-state index is 0.237. The van der Waals surface area contributed by atoms with E-state index in [1.165, 1.54) is 22.9 Å². The van der Waals surface area contributed by atoms with Crippen LogP contribution in [0.15, 0.2) is 28.1 Å². The zero-order valence-electron chi connectivity index (χ0n) is 11.9. The molecule has 1 aromatic heterocycles. The monoisotopic (exact) mass is 288 g/mol. The molecule has 0 atom stereocenters. The Hall–Kier alpha value is -1.88. The third-order valence-electron chi connectivity index (χ3n) is 3.33. The van der Waals surface area contributed by atoms with Gasteiger partial charge in [0.15, 0.2) is 0 Å². The topological polar surface area (TPSA) is 63.1 Å². The predicted molar refractivity (Wildman–Crippen MR) is 78.5 cm³/mol. The van der Waals surface area contributed by atoms with E-state index >= 15 is 0 Å². The molecule has 2 aromatic rings. The average molecular weight is 288 g/mol. The van der Waals surface area contributed by atoms with E-state index in [2.05, 4.69) is 10.2 Å². The van der Waals surface area contributed by atoms with Crippen LogP contribution in [-0.4, -0.2) is 21.3 Å². The van der Waals surface area contributed by atoms with Gasteiger partial charge in [0, 0.05) is 4.90 Å². The standard InChI is InChI=1S/C15H16N2O2S/c1-8-5-6-12(7-9(8)2)20-14-13(15(18)19)10(3)11(4)16-17-14/h5-7H,1-4H3,(H,18,19). The highest BCUT2D eigenvalue weighted by Gasteiger charge is 2.18. The molecule has 0 saturated heterocycles. The largest absolute Gasteiger partial charge is 0.478 e. The molecule has 0 saturated carbocycles. The van der Waals surface area contributed by atoms with Crippen LogP contribution in [0.25, 0.3) is 0 Å². The number of aryl methyl sites for hydroxylation is 3. The number of hydrogen-bond donors (Lipinski definition) is 1. The molecule has 0 unspecified atom stereocenters. The summed E-state index contributed by atoms with van der Waals surface area (Å²) in [4.78, 5) is 12.4. The van der Waals surface area contributed by atoms with E-state index in [-0.39, 0.29) is 5.56 Å². The highest BCUT2D eigenvalue weighted by Crippen LogP contribution is 2.31. The van der Waals surface area contributed by atoms with Gasteiger partial charge < -0.3 is 5.11 Å². The van der Waals surface area contributed by atoms with E-state index in [1.54, 1.807) is 13.8 Å². The maximum atomic E-state index is 11.4. The first kappa shape index (κ1) is 14.5. The van der Waals surface area contributed by atoms with Crippen molar-refractivity contribution in [3.05, 3.63) is 46.1 Å². The smallest absolute Gasteiger partial charge is 0.338 e. The van der Waals surface area contributed by atoms with Crippen LogP contribution < -0.4 is 0 Å². The van der Waals surface area contributed by atoms with Gasteiger partial charge in [0.1, 0.15) is 5.03 Å². The van der Waals surface area contributed by atoms with E-state index in [0.717, 1.165) is 4.90 Å². The summed E-state index contributed by atoms with van der Waals surface area (Å²) >= 11 is 1.33. The number of carboxylic acids is 1. The fourth-order valence-electron chi connectivity index (χ4n) is 1.80. The van der Waals surface area contributed by atoms with E-state index < -0.39 is 5.97 Å². The molecule has 4 nitrogen and oxygen atoms in total. The number of rotatable bonds is 3. The SMILES string of the molecule is Cc1ccc(Sc2nnc(C)c(C)c2C(=O)O)cc1C. The molecule has 0 amide bonds.